The highest BCUT2D eigenvalue weighted by Crippen LogP contribution is 2.30. The largest absolute Gasteiger partial charge is 0.431 e. The monoisotopic (exact) mass is 411 g/mol. The van der Waals surface area contributed by atoms with Crippen molar-refractivity contribution in [2.75, 3.05) is 18.9 Å². The van der Waals surface area contributed by atoms with Gasteiger partial charge in [-0.25, -0.2) is 0 Å². The number of halogens is 3. The van der Waals surface area contributed by atoms with Crippen molar-refractivity contribution in [3.63, 3.8) is 0 Å². The van der Waals surface area contributed by atoms with E-state index in [1.165, 1.54) is 6.07 Å². The van der Waals surface area contributed by atoms with E-state index in [4.69, 9.17) is 0 Å². The van der Waals surface area contributed by atoms with Crippen LogP contribution in [0.3, 0.4) is 0 Å². The van der Waals surface area contributed by atoms with Crippen LogP contribution in [-0.4, -0.2) is 32.8 Å². The third kappa shape index (κ3) is 3.84. The molecule has 0 radical (unpaired) electrons. The summed E-state index contributed by atoms with van der Waals surface area (Å²) in [6.07, 6.45) is -4.71. The lowest BCUT2D eigenvalue weighted by Crippen LogP contribution is -2.30. The fourth-order valence-electron chi connectivity index (χ4n) is 2.83. The molecule has 7 nitrogen and oxygen atoms in total. The van der Waals surface area contributed by atoms with Crippen molar-refractivity contribution in [2.45, 2.75) is 19.6 Å². The first-order valence-electron chi connectivity index (χ1n) is 8.22. The lowest BCUT2D eigenvalue weighted by molar-refractivity contribution is -0.143. The third-order valence-electron chi connectivity index (χ3n) is 4.12. The van der Waals surface area contributed by atoms with Gasteiger partial charge in [0.25, 0.3) is 5.91 Å². The fraction of sp³-hybridized carbons (Fsp3) is 0.294. The van der Waals surface area contributed by atoms with Crippen LogP contribution in [-0.2, 0) is 12.7 Å². The fourth-order valence-corrected chi connectivity index (χ4v) is 3.39. The molecule has 0 unspecified atom stereocenters. The number of fused-ring (bicyclic) bond motifs is 1. The summed E-state index contributed by atoms with van der Waals surface area (Å²) in [6, 6.07) is 5.25. The summed E-state index contributed by atoms with van der Waals surface area (Å²) in [5.41, 5.74) is -0.762. The van der Waals surface area contributed by atoms with Gasteiger partial charge in [-0.3, -0.25) is 9.59 Å². The maximum atomic E-state index is 13.5. The smallest absolute Gasteiger partial charge is 0.370 e. The second-order valence-corrected chi connectivity index (χ2v) is 6.56. The molecule has 1 amide bonds. The quantitative estimate of drug-likeness (QED) is 0.674. The number of aromatic nitrogens is 3. The lowest BCUT2D eigenvalue weighted by atomic mass is 10.1. The average molecular weight is 411 g/mol. The molecule has 0 aliphatic heterocycles. The Balaban J connectivity index is 1.92. The molecule has 0 aliphatic rings. The molecule has 0 atom stereocenters. The maximum absolute atomic E-state index is 13.5. The van der Waals surface area contributed by atoms with Crippen molar-refractivity contribution in [3.05, 3.63) is 51.4 Å². The zero-order chi connectivity index (χ0) is 20.5. The predicted molar refractivity (Wildman–Crippen MR) is 99.7 cm³/mol. The van der Waals surface area contributed by atoms with E-state index >= 15 is 0 Å². The highest BCUT2D eigenvalue weighted by molar-refractivity contribution is 6.99. The molecule has 1 aromatic carbocycles. The Morgan fingerprint density at radius 1 is 1.25 bits per heavy atom. The van der Waals surface area contributed by atoms with Gasteiger partial charge < -0.3 is 15.2 Å². The molecule has 0 spiro atoms. The molecular weight excluding hydrogens is 395 g/mol. The van der Waals surface area contributed by atoms with Crippen LogP contribution in [0.4, 0.5) is 19.0 Å². The van der Waals surface area contributed by atoms with Gasteiger partial charge in [-0.2, -0.15) is 21.9 Å². The van der Waals surface area contributed by atoms with Crippen LogP contribution in [0.2, 0.25) is 0 Å². The van der Waals surface area contributed by atoms with Crippen LogP contribution in [0, 0.1) is 6.92 Å². The molecule has 28 heavy (non-hydrogen) atoms. The number of carbonyl (C=O) groups excluding carboxylic acids is 1. The first-order chi connectivity index (χ1) is 13.2. The van der Waals surface area contributed by atoms with Gasteiger partial charge in [0, 0.05) is 31.6 Å². The van der Waals surface area contributed by atoms with Gasteiger partial charge in [-0.05, 0) is 19.1 Å². The van der Waals surface area contributed by atoms with Gasteiger partial charge in [0.2, 0.25) is 0 Å². The van der Waals surface area contributed by atoms with Crippen molar-refractivity contribution >= 4 is 34.4 Å². The summed E-state index contributed by atoms with van der Waals surface area (Å²) < 4.78 is 49.2. The molecule has 0 aliphatic carbocycles. The molecule has 2 N–H and O–H groups in total. The summed E-state index contributed by atoms with van der Waals surface area (Å²) in [5, 5.41) is 5.45. The molecule has 2 heterocycles. The number of amides is 1. The number of hydrogen-bond acceptors (Lipinski definition) is 6. The SMILES string of the molecule is CNc1nsnc1C(=O)NCCn1c(C(F)(F)F)cc(=O)c2cc(C)ccc21. The summed E-state index contributed by atoms with van der Waals surface area (Å²) >= 11 is 0.848. The van der Waals surface area contributed by atoms with Gasteiger partial charge in [-0.15, -0.1) is 0 Å². The summed E-state index contributed by atoms with van der Waals surface area (Å²) in [6.45, 7) is 1.49. The van der Waals surface area contributed by atoms with E-state index in [2.05, 4.69) is 19.4 Å². The van der Waals surface area contributed by atoms with Crippen LogP contribution < -0.4 is 16.1 Å². The number of pyridine rings is 1. The molecule has 3 rings (SSSR count). The van der Waals surface area contributed by atoms with Crippen molar-refractivity contribution in [1.82, 2.24) is 18.6 Å². The highest BCUT2D eigenvalue weighted by Gasteiger charge is 2.35. The van der Waals surface area contributed by atoms with E-state index in [0.29, 0.717) is 11.9 Å². The highest BCUT2D eigenvalue weighted by atomic mass is 32.1. The molecular formula is C17H16F3N5O2S. The first-order valence-corrected chi connectivity index (χ1v) is 8.95. The zero-order valence-electron chi connectivity index (χ0n) is 14.9. The Kier molecular flexibility index (Phi) is 5.36. The second-order valence-electron chi connectivity index (χ2n) is 6.03. The number of benzene rings is 1. The van der Waals surface area contributed by atoms with Crippen molar-refractivity contribution in [1.29, 1.82) is 0 Å². The van der Waals surface area contributed by atoms with Gasteiger partial charge in [0.15, 0.2) is 16.9 Å². The molecule has 0 bridgehead atoms. The average Bonchev–Trinajstić information content (AvgIpc) is 3.11. The van der Waals surface area contributed by atoms with E-state index in [1.807, 2.05) is 0 Å². The van der Waals surface area contributed by atoms with Gasteiger partial charge >= 0.3 is 6.18 Å². The van der Waals surface area contributed by atoms with Crippen LogP contribution in [0.25, 0.3) is 10.9 Å². The summed E-state index contributed by atoms with van der Waals surface area (Å²) in [7, 11) is 1.58. The number of aryl methyl sites for hydroxylation is 1. The lowest BCUT2D eigenvalue weighted by Gasteiger charge is -2.19. The molecule has 0 fully saturated rings. The Bertz CT molecular complexity index is 1090. The number of rotatable bonds is 5. The molecule has 11 heteroatoms. The Hall–Kier alpha value is -2.95. The Morgan fingerprint density at radius 2 is 2.00 bits per heavy atom. The van der Waals surface area contributed by atoms with Crippen molar-refractivity contribution < 1.29 is 18.0 Å². The number of hydrogen-bond donors (Lipinski definition) is 2. The molecule has 2 aromatic heterocycles. The minimum Gasteiger partial charge on any atom is -0.370 e. The summed E-state index contributed by atoms with van der Waals surface area (Å²) in [5.74, 6) is -0.254. The van der Waals surface area contributed by atoms with E-state index in [0.717, 1.165) is 21.9 Å². The number of alkyl halides is 3. The summed E-state index contributed by atoms with van der Waals surface area (Å²) in [4.78, 5) is 24.3. The standard InChI is InChI=1S/C17H16F3N5O2S/c1-9-3-4-11-10(7-9)12(26)8-13(17(18,19)20)25(11)6-5-22-16(27)14-15(21-2)24-28-23-14/h3-4,7-8H,5-6H2,1-2H3,(H,21,24)(H,22,27). The maximum Gasteiger partial charge on any atom is 0.431 e. The minimum atomic E-state index is -4.71. The number of nitrogens with zero attached hydrogens (tertiary/aromatic N) is 3. The third-order valence-corrected chi connectivity index (χ3v) is 4.65. The van der Waals surface area contributed by atoms with Crippen molar-refractivity contribution in [2.24, 2.45) is 0 Å². The van der Waals surface area contributed by atoms with E-state index in [1.54, 1.807) is 26.1 Å². The second kappa shape index (κ2) is 7.58. The van der Waals surface area contributed by atoms with Gasteiger partial charge in [0.05, 0.1) is 17.2 Å². The Labute approximate surface area is 161 Å². The zero-order valence-corrected chi connectivity index (χ0v) is 15.7. The van der Waals surface area contributed by atoms with E-state index in [-0.39, 0.29) is 29.7 Å². The number of anilines is 1. The normalized spacial score (nSPS) is 11.6. The Morgan fingerprint density at radius 3 is 2.68 bits per heavy atom. The van der Waals surface area contributed by atoms with E-state index in [9.17, 15) is 22.8 Å². The minimum absolute atomic E-state index is 0.0731. The van der Waals surface area contributed by atoms with Crippen molar-refractivity contribution in [3.8, 4) is 0 Å². The van der Waals surface area contributed by atoms with Gasteiger partial charge in [0.1, 0.15) is 5.69 Å². The van der Waals surface area contributed by atoms with Crippen LogP contribution in [0.15, 0.2) is 29.1 Å². The van der Waals surface area contributed by atoms with Crippen LogP contribution >= 0.6 is 11.7 Å². The van der Waals surface area contributed by atoms with Crippen LogP contribution in [0.1, 0.15) is 21.7 Å². The predicted octanol–water partition coefficient (Wildman–Crippen LogP) is 2.65. The molecule has 0 saturated carbocycles. The number of nitrogens with one attached hydrogen (secondary N) is 2. The molecule has 3 aromatic rings. The number of carbonyl (C=O) groups is 1. The van der Waals surface area contributed by atoms with Crippen LogP contribution in [0.5, 0.6) is 0 Å². The molecule has 148 valence electrons. The first kappa shape index (κ1) is 19.8. The molecule has 0 saturated heterocycles. The van der Waals surface area contributed by atoms with E-state index < -0.39 is 23.2 Å². The topological polar surface area (TPSA) is 88.9 Å². The van der Waals surface area contributed by atoms with Gasteiger partial charge in [-0.1, -0.05) is 11.6 Å².